The molecule has 0 radical (unpaired) electrons. The maximum absolute atomic E-state index is 13.2. The summed E-state index contributed by atoms with van der Waals surface area (Å²) in [5.41, 5.74) is 0.241. The summed E-state index contributed by atoms with van der Waals surface area (Å²) in [5, 5.41) is 32.7. The molecule has 0 saturated heterocycles. The molecular weight excluding hydrogens is 436 g/mol. The monoisotopic (exact) mass is 456 g/mol. The van der Waals surface area contributed by atoms with E-state index < -0.39 is 17.2 Å². The number of phenolic OH excluding ortho intramolecular Hbond substituents is 1. The summed E-state index contributed by atoms with van der Waals surface area (Å²) in [6.45, 7) is 3.65. The van der Waals surface area contributed by atoms with Gasteiger partial charge in [-0.1, -0.05) is 24.3 Å². The summed E-state index contributed by atoms with van der Waals surface area (Å²) >= 11 is 0. The van der Waals surface area contributed by atoms with Crippen LogP contribution in [0.3, 0.4) is 0 Å². The minimum atomic E-state index is -1.23. The Morgan fingerprint density at radius 3 is 1.53 bits per heavy atom. The average Bonchev–Trinajstić information content (AvgIpc) is 2.78. The summed E-state index contributed by atoms with van der Waals surface area (Å²) in [6.07, 6.45) is 0. The Kier molecular flexibility index (Phi) is 4.90. The molecular formula is C27H20O7. The van der Waals surface area contributed by atoms with E-state index in [1.54, 1.807) is 36.4 Å². The van der Waals surface area contributed by atoms with Crippen LogP contribution in [-0.4, -0.2) is 15.3 Å². The van der Waals surface area contributed by atoms with Gasteiger partial charge in [-0.05, 0) is 66.9 Å². The minimum Gasteiger partial charge on any atom is -0.508 e. The first kappa shape index (κ1) is 21.3. The van der Waals surface area contributed by atoms with Crippen LogP contribution < -0.4 is 11.3 Å². The van der Waals surface area contributed by atoms with Gasteiger partial charge in [0, 0.05) is 0 Å². The second-order valence-corrected chi connectivity index (χ2v) is 8.33. The Bertz CT molecular complexity index is 1590. The molecule has 0 aliphatic heterocycles. The first-order valence-electron chi connectivity index (χ1n) is 10.6. The summed E-state index contributed by atoms with van der Waals surface area (Å²) in [6, 6.07) is 15.8. The molecule has 0 amide bonds. The number of rotatable bonds is 3. The highest BCUT2D eigenvalue weighted by Crippen LogP contribution is 2.42. The standard InChI is InChI=1S/C27H20O7/c1-13-3-9-17-19(11-13)33-26(31)22(24(17)29)21(15-5-7-16(28)8-6-15)23-25(30)18-10-4-14(2)12-20(18)34-27(23)32/h3-12,21,28-30H,1-2H3. The molecule has 3 N–H and O–H groups in total. The number of aromatic hydroxyl groups is 3. The number of phenols is 1. The van der Waals surface area contributed by atoms with E-state index in [-0.39, 0.29) is 50.3 Å². The molecule has 0 aliphatic rings. The fraction of sp³-hybridized carbons (Fsp3) is 0.111. The molecule has 7 nitrogen and oxygen atoms in total. The van der Waals surface area contributed by atoms with Crippen molar-refractivity contribution in [1.29, 1.82) is 0 Å². The zero-order valence-corrected chi connectivity index (χ0v) is 18.3. The molecule has 3 aromatic carbocycles. The van der Waals surface area contributed by atoms with Crippen LogP contribution in [0.5, 0.6) is 17.2 Å². The van der Waals surface area contributed by atoms with Crippen LogP contribution in [0.25, 0.3) is 21.9 Å². The predicted octanol–water partition coefficient (Wildman–Crippen LogP) is 4.81. The Labute approximate surface area is 192 Å². The van der Waals surface area contributed by atoms with E-state index in [4.69, 9.17) is 8.83 Å². The molecule has 34 heavy (non-hydrogen) atoms. The van der Waals surface area contributed by atoms with Crippen LogP contribution in [0.1, 0.15) is 33.7 Å². The molecule has 2 aromatic heterocycles. The Hall–Kier alpha value is -4.52. The van der Waals surface area contributed by atoms with Gasteiger partial charge in [0.25, 0.3) is 0 Å². The number of hydrogen-bond donors (Lipinski definition) is 3. The van der Waals surface area contributed by atoms with Crippen LogP contribution in [0.4, 0.5) is 0 Å². The van der Waals surface area contributed by atoms with Crippen molar-refractivity contribution in [2.45, 2.75) is 19.8 Å². The quantitative estimate of drug-likeness (QED) is 0.333. The first-order valence-corrected chi connectivity index (χ1v) is 10.6. The van der Waals surface area contributed by atoms with Gasteiger partial charge in [-0.25, -0.2) is 9.59 Å². The Morgan fingerprint density at radius 2 is 1.09 bits per heavy atom. The van der Waals surface area contributed by atoms with E-state index in [2.05, 4.69) is 0 Å². The minimum absolute atomic E-state index is 0.0296. The van der Waals surface area contributed by atoms with Gasteiger partial charge in [-0.3, -0.25) is 0 Å². The lowest BCUT2D eigenvalue weighted by molar-refractivity contribution is 0.441. The lowest BCUT2D eigenvalue weighted by Crippen LogP contribution is -2.21. The Balaban J connectivity index is 1.89. The molecule has 5 aromatic rings. The zero-order valence-electron chi connectivity index (χ0n) is 18.3. The van der Waals surface area contributed by atoms with Crippen molar-refractivity contribution in [3.63, 3.8) is 0 Å². The third-order valence-corrected chi connectivity index (χ3v) is 5.94. The highest BCUT2D eigenvalue weighted by Gasteiger charge is 2.32. The van der Waals surface area contributed by atoms with Crippen LogP contribution in [0.15, 0.2) is 79.1 Å². The SMILES string of the molecule is Cc1ccc2c(O)c(C(c3ccc(O)cc3)c3c(O)c4ccc(C)cc4oc3=O)c(=O)oc2c1. The second-order valence-electron chi connectivity index (χ2n) is 8.33. The maximum Gasteiger partial charge on any atom is 0.344 e. The molecule has 0 unspecified atom stereocenters. The van der Waals surface area contributed by atoms with Gasteiger partial charge in [0.05, 0.1) is 27.8 Å². The van der Waals surface area contributed by atoms with E-state index in [1.165, 1.54) is 24.3 Å². The number of fused-ring (bicyclic) bond motifs is 2. The van der Waals surface area contributed by atoms with Crippen LogP contribution in [-0.2, 0) is 0 Å². The average molecular weight is 456 g/mol. The van der Waals surface area contributed by atoms with E-state index in [9.17, 15) is 24.9 Å². The van der Waals surface area contributed by atoms with Gasteiger partial charge in [0.2, 0.25) is 0 Å². The van der Waals surface area contributed by atoms with Gasteiger partial charge in [0.15, 0.2) is 0 Å². The third-order valence-electron chi connectivity index (χ3n) is 5.94. The van der Waals surface area contributed by atoms with Gasteiger partial charge >= 0.3 is 11.3 Å². The topological polar surface area (TPSA) is 121 Å². The first-order chi connectivity index (χ1) is 16.2. The van der Waals surface area contributed by atoms with Crippen LogP contribution >= 0.6 is 0 Å². The molecule has 5 rings (SSSR count). The molecule has 0 atom stereocenters. The largest absolute Gasteiger partial charge is 0.508 e. The number of benzene rings is 3. The van der Waals surface area contributed by atoms with Crippen molar-refractivity contribution in [3.05, 3.63) is 109 Å². The summed E-state index contributed by atoms with van der Waals surface area (Å²) in [5.74, 6) is -2.00. The summed E-state index contributed by atoms with van der Waals surface area (Å²) in [7, 11) is 0. The van der Waals surface area contributed by atoms with Crippen molar-refractivity contribution in [2.24, 2.45) is 0 Å². The summed E-state index contributed by atoms with van der Waals surface area (Å²) in [4.78, 5) is 26.3. The normalized spacial score (nSPS) is 11.5. The van der Waals surface area contributed by atoms with Crippen molar-refractivity contribution < 1.29 is 24.2 Å². The highest BCUT2D eigenvalue weighted by molar-refractivity contribution is 5.87. The molecule has 0 saturated carbocycles. The van der Waals surface area contributed by atoms with E-state index in [0.29, 0.717) is 5.56 Å². The summed E-state index contributed by atoms with van der Waals surface area (Å²) < 4.78 is 11.0. The van der Waals surface area contributed by atoms with E-state index >= 15 is 0 Å². The zero-order chi connectivity index (χ0) is 24.1. The Morgan fingerprint density at radius 1 is 0.647 bits per heavy atom. The van der Waals surface area contributed by atoms with Crippen molar-refractivity contribution in [2.75, 3.05) is 0 Å². The molecule has 170 valence electrons. The number of aryl methyl sites for hydroxylation is 2. The molecule has 0 bridgehead atoms. The molecule has 7 heteroatoms. The van der Waals surface area contributed by atoms with Gasteiger partial charge in [-0.2, -0.15) is 0 Å². The van der Waals surface area contributed by atoms with E-state index in [1.807, 2.05) is 13.8 Å². The van der Waals surface area contributed by atoms with Gasteiger partial charge in [0.1, 0.15) is 28.4 Å². The van der Waals surface area contributed by atoms with Crippen molar-refractivity contribution in [3.8, 4) is 17.2 Å². The lowest BCUT2D eigenvalue weighted by Gasteiger charge is -2.20. The molecule has 0 fully saturated rings. The predicted molar refractivity (Wildman–Crippen MR) is 127 cm³/mol. The maximum atomic E-state index is 13.2. The molecule has 2 heterocycles. The number of hydrogen-bond acceptors (Lipinski definition) is 7. The van der Waals surface area contributed by atoms with Gasteiger partial charge in [-0.15, -0.1) is 0 Å². The lowest BCUT2D eigenvalue weighted by atomic mass is 9.84. The van der Waals surface area contributed by atoms with E-state index in [0.717, 1.165) is 11.1 Å². The second kappa shape index (κ2) is 7.81. The molecule has 0 aliphatic carbocycles. The van der Waals surface area contributed by atoms with Crippen molar-refractivity contribution >= 4 is 21.9 Å². The fourth-order valence-corrected chi connectivity index (χ4v) is 4.27. The molecule has 0 spiro atoms. The smallest absolute Gasteiger partial charge is 0.344 e. The van der Waals surface area contributed by atoms with Gasteiger partial charge < -0.3 is 24.2 Å². The van der Waals surface area contributed by atoms with Crippen molar-refractivity contribution in [1.82, 2.24) is 0 Å². The highest BCUT2D eigenvalue weighted by atomic mass is 16.4. The third kappa shape index (κ3) is 3.38. The van der Waals surface area contributed by atoms with Crippen LogP contribution in [0, 0.1) is 13.8 Å². The fourth-order valence-electron chi connectivity index (χ4n) is 4.27. The van der Waals surface area contributed by atoms with Crippen LogP contribution in [0.2, 0.25) is 0 Å².